The van der Waals surface area contributed by atoms with Gasteiger partial charge in [0.15, 0.2) is 11.6 Å². The van der Waals surface area contributed by atoms with Crippen LogP contribution >= 0.6 is 0 Å². The van der Waals surface area contributed by atoms with Crippen LogP contribution in [0.5, 0.6) is 0 Å². The molecule has 11 heteroatoms. The van der Waals surface area contributed by atoms with Crippen LogP contribution in [-0.4, -0.2) is 63.1 Å². The molecule has 1 fully saturated rings. The summed E-state index contributed by atoms with van der Waals surface area (Å²) in [5.41, 5.74) is 0.130. The van der Waals surface area contributed by atoms with Gasteiger partial charge in [0, 0.05) is 46.2 Å². The molecule has 0 spiro atoms. The summed E-state index contributed by atoms with van der Waals surface area (Å²) in [7, 11) is 1.73. The third kappa shape index (κ3) is 4.03. The predicted molar refractivity (Wildman–Crippen MR) is 110 cm³/mol. The molecule has 0 radical (unpaired) electrons. The number of nitrogens with zero attached hydrogens (tertiary/aromatic N) is 6. The number of alkyl halides is 2. The van der Waals surface area contributed by atoms with Crippen LogP contribution in [-0.2, 0) is 15.5 Å². The quantitative estimate of drug-likeness (QED) is 0.683. The molecule has 1 aliphatic heterocycles. The minimum atomic E-state index is -3.12. The van der Waals surface area contributed by atoms with Crippen LogP contribution in [0.1, 0.15) is 19.5 Å². The van der Waals surface area contributed by atoms with E-state index in [-0.39, 0.29) is 29.9 Å². The number of piperazine rings is 1. The zero-order chi connectivity index (χ0) is 22.3. The fourth-order valence-electron chi connectivity index (χ4n) is 3.38. The molecule has 4 rings (SSSR count). The lowest BCUT2D eigenvalue weighted by atomic mass is 10.2. The Hall–Kier alpha value is -3.63. The monoisotopic (exact) mass is 429 g/mol. The van der Waals surface area contributed by atoms with Crippen molar-refractivity contribution in [2.75, 3.05) is 36.9 Å². The molecule has 0 saturated carbocycles. The normalized spacial score (nSPS) is 14.9. The molecule has 31 heavy (non-hydrogen) atoms. The van der Waals surface area contributed by atoms with Gasteiger partial charge >= 0.3 is 0 Å². The van der Waals surface area contributed by atoms with E-state index in [1.807, 2.05) is 4.90 Å². The van der Waals surface area contributed by atoms with Crippen molar-refractivity contribution in [2.24, 2.45) is 0 Å². The number of rotatable bonds is 4. The average molecular weight is 429 g/mol. The maximum atomic E-state index is 13.8. The van der Waals surface area contributed by atoms with Crippen LogP contribution < -0.4 is 10.2 Å². The minimum absolute atomic E-state index is 0.0532. The number of fused-ring (bicyclic) bond motifs is 1. The first-order valence-electron chi connectivity index (χ1n) is 9.64. The molecular weight excluding hydrogens is 408 g/mol. The maximum absolute atomic E-state index is 13.8. The van der Waals surface area contributed by atoms with E-state index in [1.165, 1.54) is 23.7 Å². The lowest BCUT2D eigenvalue weighted by Crippen LogP contribution is -2.48. The van der Waals surface area contributed by atoms with Gasteiger partial charge in [-0.2, -0.15) is 8.78 Å². The molecule has 9 nitrogen and oxygen atoms in total. The summed E-state index contributed by atoms with van der Waals surface area (Å²) in [5.74, 6) is -2.49. The summed E-state index contributed by atoms with van der Waals surface area (Å²) >= 11 is 0. The largest absolute Gasteiger partial charge is 0.343 e. The topological polar surface area (TPSA) is 96.3 Å². The number of halogens is 2. The standard InChI is InChI=1S/C20H21F2N7O2/c1-12(30)24-16-9-14-13(10-23-16)19(28-8-7-27(3)18(31)11-28)26-29(14)17-6-4-5-15(25-17)20(2,21)22/h4-6,9-10H,7-8,11H2,1-3H3,(H,23,24,30). The van der Waals surface area contributed by atoms with Gasteiger partial charge in [-0.25, -0.2) is 14.6 Å². The molecule has 0 unspecified atom stereocenters. The highest BCUT2D eigenvalue weighted by Gasteiger charge is 2.28. The van der Waals surface area contributed by atoms with Crippen molar-refractivity contribution in [1.29, 1.82) is 0 Å². The number of anilines is 2. The average Bonchev–Trinajstić information content (AvgIpc) is 3.08. The third-order valence-electron chi connectivity index (χ3n) is 5.01. The SMILES string of the molecule is CC(=O)Nc1cc2c(cn1)c(N1CCN(C)C(=O)C1)nn2-c1cccc(C(C)(F)F)n1. The van der Waals surface area contributed by atoms with Gasteiger partial charge in [-0.3, -0.25) is 9.59 Å². The summed E-state index contributed by atoms with van der Waals surface area (Å²) in [6.45, 7) is 3.36. The maximum Gasteiger partial charge on any atom is 0.287 e. The van der Waals surface area contributed by atoms with Gasteiger partial charge < -0.3 is 15.1 Å². The molecule has 0 atom stereocenters. The minimum Gasteiger partial charge on any atom is -0.343 e. The second kappa shape index (κ2) is 7.56. The highest BCUT2D eigenvalue weighted by Crippen LogP contribution is 2.31. The Morgan fingerprint density at radius 3 is 2.71 bits per heavy atom. The first-order chi connectivity index (χ1) is 14.6. The van der Waals surface area contributed by atoms with Crippen molar-refractivity contribution >= 4 is 34.4 Å². The van der Waals surface area contributed by atoms with Crippen molar-refractivity contribution in [1.82, 2.24) is 24.6 Å². The molecule has 0 bridgehead atoms. The van der Waals surface area contributed by atoms with Gasteiger partial charge in [0.05, 0.1) is 17.4 Å². The summed E-state index contributed by atoms with van der Waals surface area (Å²) in [6.07, 6.45) is 1.54. The molecule has 4 heterocycles. The van der Waals surface area contributed by atoms with E-state index in [0.717, 1.165) is 6.92 Å². The van der Waals surface area contributed by atoms with E-state index < -0.39 is 5.92 Å². The van der Waals surface area contributed by atoms with E-state index in [0.29, 0.717) is 35.6 Å². The fraction of sp³-hybridized carbons (Fsp3) is 0.350. The van der Waals surface area contributed by atoms with E-state index in [9.17, 15) is 18.4 Å². The Bertz CT molecular complexity index is 1170. The zero-order valence-corrected chi connectivity index (χ0v) is 17.3. The Morgan fingerprint density at radius 2 is 2.03 bits per heavy atom. The number of pyridine rings is 2. The lowest BCUT2D eigenvalue weighted by Gasteiger charge is -2.32. The Kier molecular flexibility index (Phi) is 5.03. The predicted octanol–water partition coefficient (Wildman–Crippen LogP) is 2.16. The van der Waals surface area contributed by atoms with Crippen molar-refractivity contribution < 1.29 is 18.4 Å². The van der Waals surface area contributed by atoms with E-state index >= 15 is 0 Å². The van der Waals surface area contributed by atoms with Crippen LogP contribution in [0, 0.1) is 0 Å². The molecule has 1 N–H and O–H groups in total. The molecule has 0 aliphatic carbocycles. The van der Waals surface area contributed by atoms with Gasteiger partial charge in [0.25, 0.3) is 5.92 Å². The second-order valence-electron chi connectivity index (χ2n) is 7.51. The number of carbonyl (C=O) groups excluding carboxylic acids is 2. The number of amides is 2. The van der Waals surface area contributed by atoms with Crippen LogP contribution in [0.4, 0.5) is 20.4 Å². The van der Waals surface area contributed by atoms with Crippen LogP contribution in [0.2, 0.25) is 0 Å². The molecule has 3 aromatic rings. The van der Waals surface area contributed by atoms with Crippen molar-refractivity contribution in [2.45, 2.75) is 19.8 Å². The third-order valence-corrected chi connectivity index (χ3v) is 5.01. The molecule has 1 aliphatic rings. The second-order valence-corrected chi connectivity index (χ2v) is 7.51. The summed E-state index contributed by atoms with van der Waals surface area (Å²) in [5, 5.41) is 7.82. The molecule has 1 saturated heterocycles. The number of likely N-dealkylation sites (N-methyl/N-ethyl adjacent to an activating group) is 1. The summed E-state index contributed by atoms with van der Waals surface area (Å²) in [6, 6.07) is 5.90. The van der Waals surface area contributed by atoms with Gasteiger partial charge in [-0.15, -0.1) is 5.10 Å². The van der Waals surface area contributed by atoms with Crippen molar-refractivity contribution in [3.8, 4) is 5.82 Å². The van der Waals surface area contributed by atoms with Gasteiger partial charge in [0.2, 0.25) is 11.8 Å². The zero-order valence-electron chi connectivity index (χ0n) is 17.3. The first-order valence-corrected chi connectivity index (χ1v) is 9.64. The molecule has 162 valence electrons. The number of aromatic nitrogens is 4. The number of carbonyl (C=O) groups is 2. The molecular formula is C20H21F2N7O2. The van der Waals surface area contributed by atoms with E-state index in [2.05, 4.69) is 20.4 Å². The lowest BCUT2D eigenvalue weighted by molar-refractivity contribution is -0.129. The van der Waals surface area contributed by atoms with Crippen molar-refractivity contribution in [3.63, 3.8) is 0 Å². The van der Waals surface area contributed by atoms with Crippen molar-refractivity contribution in [3.05, 3.63) is 36.2 Å². The number of hydrogen-bond acceptors (Lipinski definition) is 6. The fourth-order valence-corrected chi connectivity index (χ4v) is 3.38. The van der Waals surface area contributed by atoms with Crippen LogP contribution in [0.3, 0.4) is 0 Å². The molecule has 0 aromatic carbocycles. The Morgan fingerprint density at radius 1 is 1.26 bits per heavy atom. The van der Waals surface area contributed by atoms with E-state index in [4.69, 9.17) is 0 Å². The Labute approximate surface area is 176 Å². The number of hydrogen-bond donors (Lipinski definition) is 1. The van der Waals surface area contributed by atoms with Crippen LogP contribution in [0.25, 0.3) is 16.7 Å². The van der Waals surface area contributed by atoms with Gasteiger partial charge in [0.1, 0.15) is 11.5 Å². The highest BCUT2D eigenvalue weighted by atomic mass is 19.3. The van der Waals surface area contributed by atoms with Gasteiger partial charge in [-0.1, -0.05) is 6.07 Å². The summed E-state index contributed by atoms with van der Waals surface area (Å²) < 4.78 is 29.1. The van der Waals surface area contributed by atoms with Crippen LogP contribution in [0.15, 0.2) is 30.5 Å². The Balaban J connectivity index is 1.87. The van der Waals surface area contributed by atoms with Gasteiger partial charge in [-0.05, 0) is 12.1 Å². The molecule has 2 amide bonds. The smallest absolute Gasteiger partial charge is 0.287 e. The summed E-state index contributed by atoms with van der Waals surface area (Å²) in [4.78, 5) is 35.5. The van der Waals surface area contributed by atoms with E-state index in [1.54, 1.807) is 30.3 Å². The molecule has 3 aromatic heterocycles. The first kappa shape index (κ1) is 20.6. The number of nitrogens with one attached hydrogen (secondary N) is 1. The highest BCUT2D eigenvalue weighted by molar-refractivity contribution is 5.96.